The van der Waals surface area contributed by atoms with Crippen LogP contribution in [-0.4, -0.2) is 13.0 Å². The number of hydrogen-bond acceptors (Lipinski definition) is 2. The summed E-state index contributed by atoms with van der Waals surface area (Å²) in [7, 11) is 1.46. The van der Waals surface area contributed by atoms with Gasteiger partial charge in [-0.3, -0.25) is 4.79 Å². The molecule has 0 spiro atoms. The lowest BCUT2D eigenvalue weighted by Gasteiger charge is -2.10. The molecule has 2 aromatic rings. The van der Waals surface area contributed by atoms with Crippen LogP contribution < -0.4 is 10.1 Å². The van der Waals surface area contributed by atoms with Crippen LogP contribution >= 0.6 is 0 Å². The van der Waals surface area contributed by atoms with Crippen LogP contribution in [0, 0.1) is 5.82 Å². The number of aryl methyl sites for hydroxylation is 2. The lowest BCUT2D eigenvalue weighted by atomic mass is 10.1. The van der Waals surface area contributed by atoms with Crippen molar-refractivity contribution in [3.05, 3.63) is 64.5 Å². The normalized spacial score (nSPS) is 12.8. The van der Waals surface area contributed by atoms with Gasteiger partial charge in [0, 0.05) is 6.54 Å². The van der Waals surface area contributed by atoms with E-state index in [4.69, 9.17) is 4.74 Å². The van der Waals surface area contributed by atoms with Gasteiger partial charge in [0.05, 0.1) is 12.7 Å². The second-order valence-corrected chi connectivity index (χ2v) is 5.48. The minimum Gasteiger partial charge on any atom is -0.496 e. The van der Waals surface area contributed by atoms with Gasteiger partial charge in [-0.25, -0.2) is 4.39 Å². The molecule has 0 fully saturated rings. The van der Waals surface area contributed by atoms with Gasteiger partial charge in [-0.05, 0) is 54.2 Å². The molecule has 1 aliphatic rings. The van der Waals surface area contributed by atoms with Gasteiger partial charge < -0.3 is 10.1 Å². The summed E-state index contributed by atoms with van der Waals surface area (Å²) in [5.74, 6) is -0.423. The molecule has 0 atom stereocenters. The number of methoxy groups -OCH3 is 1. The Morgan fingerprint density at radius 3 is 2.82 bits per heavy atom. The molecule has 0 bridgehead atoms. The topological polar surface area (TPSA) is 38.3 Å². The van der Waals surface area contributed by atoms with Gasteiger partial charge in [0.2, 0.25) is 0 Å². The fourth-order valence-corrected chi connectivity index (χ4v) is 2.87. The first-order valence-corrected chi connectivity index (χ1v) is 7.40. The van der Waals surface area contributed by atoms with E-state index >= 15 is 0 Å². The predicted octanol–water partition coefficient (Wildman–Crippen LogP) is 3.25. The van der Waals surface area contributed by atoms with E-state index in [1.807, 2.05) is 6.07 Å². The maximum absolute atomic E-state index is 13.3. The minimum absolute atomic E-state index is 0.212. The number of carbonyl (C=O) groups is 1. The Hall–Kier alpha value is -2.36. The van der Waals surface area contributed by atoms with Crippen molar-refractivity contribution in [2.45, 2.75) is 25.8 Å². The highest BCUT2D eigenvalue weighted by Crippen LogP contribution is 2.23. The molecule has 0 saturated carbocycles. The number of nitrogens with one attached hydrogen (secondary N) is 1. The molecule has 1 N–H and O–H groups in total. The van der Waals surface area contributed by atoms with E-state index in [0.29, 0.717) is 12.3 Å². The third-order valence-electron chi connectivity index (χ3n) is 4.02. The Morgan fingerprint density at radius 2 is 2.00 bits per heavy atom. The van der Waals surface area contributed by atoms with Gasteiger partial charge in [-0.15, -0.1) is 0 Å². The standard InChI is InChI=1S/C18H18FNO2/c1-22-17-8-7-15(19)10-16(17)18(21)20-11-12-5-6-13-3-2-4-14(13)9-12/h5-10H,2-4,11H2,1H3,(H,20,21). The first kappa shape index (κ1) is 14.6. The second-order valence-electron chi connectivity index (χ2n) is 5.48. The summed E-state index contributed by atoms with van der Waals surface area (Å²) < 4.78 is 18.4. The number of halogens is 1. The van der Waals surface area contributed by atoms with Crippen molar-refractivity contribution in [2.24, 2.45) is 0 Å². The first-order valence-electron chi connectivity index (χ1n) is 7.40. The van der Waals surface area contributed by atoms with Crippen molar-refractivity contribution < 1.29 is 13.9 Å². The summed E-state index contributed by atoms with van der Waals surface area (Å²) >= 11 is 0. The van der Waals surface area contributed by atoms with E-state index in [9.17, 15) is 9.18 Å². The molecule has 0 radical (unpaired) electrons. The number of benzene rings is 2. The van der Waals surface area contributed by atoms with Crippen molar-refractivity contribution in [1.29, 1.82) is 0 Å². The van der Waals surface area contributed by atoms with E-state index < -0.39 is 5.82 Å². The van der Waals surface area contributed by atoms with Crippen molar-refractivity contribution in [2.75, 3.05) is 7.11 Å². The Labute approximate surface area is 129 Å². The summed E-state index contributed by atoms with van der Waals surface area (Å²) in [6.07, 6.45) is 3.45. The third kappa shape index (κ3) is 2.96. The molecule has 1 aliphatic carbocycles. The van der Waals surface area contributed by atoms with Gasteiger partial charge in [0.1, 0.15) is 11.6 Å². The van der Waals surface area contributed by atoms with Gasteiger partial charge >= 0.3 is 0 Å². The molecule has 0 aromatic heterocycles. The number of hydrogen-bond donors (Lipinski definition) is 1. The average Bonchev–Trinajstić information content (AvgIpc) is 3.00. The SMILES string of the molecule is COc1ccc(F)cc1C(=O)NCc1ccc2c(c1)CCC2. The van der Waals surface area contributed by atoms with Gasteiger partial charge in [-0.2, -0.15) is 0 Å². The largest absolute Gasteiger partial charge is 0.496 e. The summed E-state index contributed by atoms with van der Waals surface area (Å²) in [6, 6.07) is 10.2. The van der Waals surface area contributed by atoms with Crippen LogP contribution in [0.4, 0.5) is 4.39 Å². The van der Waals surface area contributed by atoms with Gasteiger partial charge in [0.15, 0.2) is 0 Å². The molecular weight excluding hydrogens is 281 g/mol. The van der Waals surface area contributed by atoms with Crippen LogP contribution in [-0.2, 0) is 19.4 Å². The Morgan fingerprint density at radius 1 is 1.18 bits per heavy atom. The first-order chi connectivity index (χ1) is 10.7. The van der Waals surface area contributed by atoms with Crippen LogP contribution in [0.15, 0.2) is 36.4 Å². The zero-order chi connectivity index (χ0) is 15.5. The van der Waals surface area contributed by atoms with Crippen LogP contribution in [0.25, 0.3) is 0 Å². The molecule has 0 heterocycles. The van der Waals surface area contributed by atoms with Gasteiger partial charge in [-0.1, -0.05) is 18.2 Å². The number of amides is 1. The quantitative estimate of drug-likeness (QED) is 0.941. The monoisotopic (exact) mass is 299 g/mol. The maximum atomic E-state index is 13.3. The van der Waals surface area contributed by atoms with Crippen LogP contribution in [0.3, 0.4) is 0 Å². The highest BCUT2D eigenvalue weighted by atomic mass is 19.1. The molecule has 0 saturated heterocycles. The molecule has 4 heteroatoms. The molecular formula is C18H18FNO2. The minimum atomic E-state index is -0.455. The lowest BCUT2D eigenvalue weighted by Crippen LogP contribution is -2.23. The van der Waals surface area contributed by atoms with E-state index in [1.54, 1.807) is 0 Å². The van der Waals surface area contributed by atoms with Crippen LogP contribution in [0.5, 0.6) is 5.75 Å². The summed E-state index contributed by atoms with van der Waals surface area (Å²) in [4.78, 5) is 12.2. The molecule has 22 heavy (non-hydrogen) atoms. The molecule has 1 amide bonds. The number of rotatable bonds is 4. The smallest absolute Gasteiger partial charge is 0.255 e. The molecule has 0 aliphatic heterocycles. The molecule has 0 unspecified atom stereocenters. The summed E-state index contributed by atoms with van der Waals surface area (Å²) in [5.41, 5.74) is 4.05. The highest BCUT2D eigenvalue weighted by molar-refractivity contribution is 5.96. The van der Waals surface area contributed by atoms with Crippen molar-refractivity contribution >= 4 is 5.91 Å². The summed E-state index contributed by atoms with van der Waals surface area (Å²) in [5, 5.41) is 2.82. The highest BCUT2D eigenvalue weighted by Gasteiger charge is 2.14. The van der Waals surface area contributed by atoms with Crippen molar-refractivity contribution in [1.82, 2.24) is 5.32 Å². The molecule has 3 rings (SSSR count). The summed E-state index contributed by atoms with van der Waals surface area (Å²) in [6.45, 7) is 0.422. The molecule has 114 valence electrons. The zero-order valence-corrected chi connectivity index (χ0v) is 12.5. The number of fused-ring (bicyclic) bond motifs is 1. The Kier molecular flexibility index (Phi) is 4.09. The van der Waals surface area contributed by atoms with E-state index in [2.05, 4.69) is 17.4 Å². The fraction of sp³-hybridized carbons (Fsp3) is 0.278. The van der Waals surface area contributed by atoms with Crippen molar-refractivity contribution in [3.63, 3.8) is 0 Å². The van der Waals surface area contributed by atoms with E-state index in [0.717, 1.165) is 18.4 Å². The predicted molar refractivity (Wildman–Crippen MR) is 82.6 cm³/mol. The van der Waals surface area contributed by atoms with Crippen molar-refractivity contribution in [3.8, 4) is 5.75 Å². The van der Waals surface area contributed by atoms with E-state index in [-0.39, 0.29) is 11.5 Å². The lowest BCUT2D eigenvalue weighted by molar-refractivity contribution is 0.0947. The molecule has 2 aromatic carbocycles. The fourth-order valence-electron chi connectivity index (χ4n) is 2.87. The van der Waals surface area contributed by atoms with Crippen LogP contribution in [0.1, 0.15) is 33.5 Å². The van der Waals surface area contributed by atoms with Gasteiger partial charge in [0.25, 0.3) is 5.91 Å². The Bertz CT molecular complexity index is 712. The molecule has 3 nitrogen and oxygen atoms in total. The third-order valence-corrected chi connectivity index (χ3v) is 4.02. The maximum Gasteiger partial charge on any atom is 0.255 e. The van der Waals surface area contributed by atoms with Crippen LogP contribution in [0.2, 0.25) is 0 Å². The Balaban J connectivity index is 1.71. The number of carbonyl (C=O) groups excluding carboxylic acids is 1. The number of ether oxygens (including phenoxy) is 1. The second kappa shape index (κ2) is 6.18. The van der Waals surface area contributed by atoms with E-state index in [1.165, 1.54) is 42.9 Å². The average molecular weight is 299 g/mol. The zero-order valence-electron chi connectivity index (χ0n) is 12.5.